The highest BCUT2D eigenvalue weighted by Gasteiger charge is 2.51. The molecule has 1 aromatic heterocycles. The molecule has 7 heteroatoms. The van der Waals surface area contributed by atoms with Gasteiger partial charge in [0, 0.05) is 44.0 Å². The molecular weight excluding hydrogens is 364 g/mol. The lowest BCUT2D eigenvalue weighted by Crippen LogP contribution is -2.45. The number of aliphatic hydroxyl groups excluding tert-OH is 1. The topological polar surface area (TPSA) is 70.1 Å². The number of piperidine rings is 2. The van der Waals surface area contributed by atoms with Crippen LogP contribution in [0.3, 0.4) is 0 Å². The van der Waals surface area contributed by atoms with Crippen LogP contribution >= 0.6 is 11.3 Å². The molecule has 4 heterocycles. The van der Waals surface area contributed by atoms with E-state index >= 15 is 0 Å². The van der Waals surface area contributed by atoms with Crippen molar-refractivity contribution in [3.8, 4) is 0 Å². The number of thiophene rings is 1. The van der Waals surface area contributed by atoms with Gasteiger partial charge in [-0.1, -0.05) is 0 Å². The standard InChI is InChI=1S/C20H28N2O4S/c1-14-2-3-17(27-14)18(24)22-10-6-20(7-11-22)12-16(26-19(20)25)13-21-8-4-15(23)5-9-21/h2-3,15-16,23H,4-13H2,1H3. The molecule has 27 heavy (non-hydrogen) atoms. The van der Waals surface area contributed by atoms with Gasteiger partial charge in [-0.05, 0) is 44.7 Å². The van der Waals surface area contributed by atoms with Gasteiger partial charge in [-0.15, -0.1) is 11.3 Å². The van der Waals surface area contributed by atoms with E-state index in [0.29, 0.717) is 25.9 Å². The van der Waals surface area contributed by atoms with E-state index in [4.69, 9.17) is 4.74 Å². The molecule has 0 saturated carbocycles. The van der Waals surface area contributed by atoms with E-state index < -0.39 is 5.41 Å². The zero-order valence-corrected chi connectivity index (χ0v) is 16.7. The van der Waals surface area contributed by atoms with Crippen molar-refractivity contribution in [3.05, 3.63) is 21.9 Å². The zero-order chi connectivity index (χ0) is 19.0. The van der Waals surface area contributed by atoms with Crippen molar-refractivity contribution >= 4 is 23.2 Å². The number of nitrogens with zero attached hydrogens (tertiary/aromatic N) is 2. The highest BCUT2D eigenvalue weighted by Crippen LogP contribution is 2.43. The third-order valence-electron chi connectivity index (χ3n) is 6.30. The van der Waals surface area contributed by atoms with Crippen molar-refractivity contribution in [2.75, 3.05) is 32.7 Å². The van der Waals surface area contributed by atoms with Gasteiger partial charge in [0.1, 0.15) is 6.10 Å². The molecule has 0 aliphatic carbocycles. The number of carbonyl (C=O) groups excluding carboxylic acids is 2. The first-order valence-electron chi connectivity index (χ1n) is 9.92. The first-order chi connectivity index (χ1) is 12.9. The third-order valence-corrected chi connectivity index (χ3v) is 7.29. The monoisotopic (exact) mass is 392 g/mol. The van der Waals surface area contributed by atoms with Gasteiger partial charge >= 0.3 is 5.97 Å². The summed E-state index contributed by atoms with van der Waals surface area (Å²) in [5, 5.41) is 9.64. The van der Waals surface area contributed by atoms with Gasteiger partial charge in [0.2, 0.25) is 0 Å². The number of aryl methyl sites for hydroxylation is 1. The van der Waals surface area contributed by atoms with Crippen LogP contribution in [-0.4, -0.2) is 71.7 Å². The van der Waals surface area contributed by atoms with Crippen LogP contribution in [0.4, 0.5) is 0 Å². The summed E-state index contributed by atoms with van der Waals surface area (Å²) < 4.78 is 5.72. The Hall–Kier alpha value is -1.44. The minimum Gasteiger partial charge on any atom is -0.461 e. The molecule has 1 atom stereocenters. The molecule has 3 aliphatic heterocycles. The van der Waals surface area contributed by atoms with Crippen molar-refractivity contribution in [1.82, 2.24) is 9.80 Å². The zero-order valence-electron chi connectivity index (χ0n) is 15.9. The number of likely N-dealkylation sites (tertiary alicyclic amines) is 2. The molecule has 1 aromatic rings. The molecule has 3 aliphatic rings. The molecule has 1 N–H and O–H groups in total. The Kier molecular flexibility index (Phi) is 5.27. The van der Waals surface area contributed by atoms with Gasteiger partial charge in [-0.2, -0.15) is 0 Å². The van der Waals surface area contributed by atoms with Crippen molar-refractivity contribution in [3.63, 3.8) is 0 Å². The Morgan fingerprint density at radius 2 is 1.96 bits per heavy atom. The largest absolute Gasteiger partial charge is 0.461 e. The van der Waals surface area contributed by atoms with E-state index in [9.17, 15) is 14.7 Å². The van der Waals surface area contributed by atoms with Crippen LogP contribution in [0.15, 0.2) is 12.1 Å². The molecule has 0 radical (unpaired) electrons. The molecule has 148 valence electrons. The number of carbonyl (C=O) groups is 2. The van der Waals surface area contributed by atoms with E-state index in [-0.39, 0.29) is 24.1 Å². The summed E-state index contributed by atoms with van der Waals surface area (Å²) >= 11 is 1.53. The number of rotatable bonds is 3. The maximum atomic E-state index is 12.6. The Labute approximate surface area is 164 Å². The minimum absolute atomic E-state index is 0.0602. The molecule has 1 amide bonds. The molecular formula is C20H28N2O4S. The fourth-order valence-corrected chi connectivity index (χ4v) is 5.42. The number of amides is 1. The molecule has 3 fully saturated rings. The van der Waals surface area contributed by atoms with E-state index in [0.717, 1.165) is 48.7 Å². The number of aliphatic hydroxyl groups is 1. The summed E-state index contributed by atoms with van der Waals surface area (Å²) in [5.74, 6) is 0.00125. The lowest BCUT2D eigenvalue weighted by Gasteiger charge is -2.36. The fraction of sp³-hybridized carbons (Fsp3) is 0.700. The summed E-state index contributed by atoms with van der Waals surface area (Å²) in [6, 6.07) is 3.87. The van der Waals surface area contributed by atoms with Gasteiger partial charge in [0.15, 0.2) is 0 Å². The van der Waals surface area contributed by atoms with Crippen molar-refractivity contribution in [2.24, 2.45) is 5.41 Å². The Morgan fingerprint density at radius 1 is 1.26 bits per heavy atom. The predicted octanol–water partition coefficient (Wildman–Crippen LogP) is 2.05. The van der Waals surface area contributed by atoms with Crippen molar-refractivity contribution in [1.29, 1.82) is 0 Å². The number of hydrogen-bond acceptors (Lipinski definition) is 6. The first kappa shape index (κ1) is 18.9. The molecule has 4 rings (SSSR count). The first-order valence-corrected chi connectivity index (χ1v) is 10.7. The molecule has 0 aromatic carbocycles. The number of esters is 1. The van der Waals surface area contributed by atoms with E-state index in [1.807, 2.05) is 24.0 Å². The summed E-state index contributed by atoms with van der Waals surface area (Å²) in [6.45, 7) is 5.73. The van der Waals surface area contributed by atoms with Gasteiger partial charge in [-0.3, -0.25) is 14.5 Å². The second-order valence-electron chi connectivity index (χ2n) is 8.25. The average Bonchev–Trinajstić information content (AvgIpc) is 3.21. The van der Waals surface area contributed by atoms with Gasteiger partial charge < -0.3 is 14.7 Å². The normalized spacial score (nSPS) is 26.5. The van der Waals surface area contributed by atoms with Crippen LogP contribution < -0.4 is 0 Å². The maximum absolute atomic E-state index is 12.6. The molecule has 3 saturated heterocycles. The van der Waals surface area contributed by atoms with Crippen molar-refractivity contribution in [2.45, 2.75) is 51.2 Å². The summed E-state index contributed by atoms with van der Waals surface area (Å²) in [4.78, 5) is 31.4. The number of hydrogen-bond donors (Lipinski definition) is 1. The Morgan fingerprint density at radius 3 is 2.59 bits per heavy atom. The Balaban J connectivity index is 1.32. The fourth-order valence-electron chi connectivity index (χ4n) is 4.58. The van der Waals surface area contributed by atoms with E-state index in [2.05, 4.69) is 4.90 Å². The maximum Gasteiger partial charge on any atom is 0.312 e. The van der Waals surface area contributed by atoms with Crippen LogP contribution in [0.5, 0.6) is 0 Å². The third kappa shape index (κ3) is 3.91. The molecule has 6 nitrogen and oxygen atoms in total. The van der Waals surface area contributed by atoms with E-state index in [1.165, 1.54) is 11.3 Å². The summed E-state index contributed by atoms with van der Waals surface area (Å²) in [5.41, 5.74) is -0.415. The second kappa shape index (κ2) is 7.53. The lowest BCUT2D eigenvalue weighted by molar-refractivity contribution is -0.151. The van der Waals surface area contributed by atoms with Gasteiger partial charge in [-0.25, -0.2) is 0 Å². The highest BCUT2D eigenvalue weighted by molar-refractivity contribution is 7.13. The van der Waals surface area contributed by atoms with Crippen LogP contribution in [0, 0.1) is 12.3 Å². The Bertz CT molecular complexity index is 703. The average molecular weight is 393 g/mol. The van der Waals surface area contributed by atoms with Crippen LogP contribution in [0.1, 0.15) is 46.7 Å². The van der Waals surface area contributed by atoms with Crippen LogP contribution in [0.25, 0.3) is 0 Å². The summed E-state index contributed by atoms with van der Waals surface area (Å²) in [6.07, 6.45) is 3.48. The smallest absolute Gasteiger partial charge is 0.312 e. The molecule has 1 spiro atoms. The van der Waals surface area contributed by atoms with E-state index in [1.54, 1.807) is 0 Å². The number of ether oxygens (including phenoxy) is 1. The van der Waals surface area contributed by atoms with Crippen LogP contribution in [-0.2, 0) is 9.53 Å². The van der Waals surface area contributed by atoms with Gasteiger partial charge in [0.25, 0.3) is 5.91 Å². The SMILES string of the molecule is Cc1ccc(C(=O)N2CCC3(CC2)CC(CN2CCC(O)CC2)OC3=O)s1. The van der Waals surface area contributed by atoms with Crippen molar-refractivity contribution < 1.29 is 19.4 Å². The molecule has 0 bridgehead atoms. The van der Waals surface area contributed by atoms with Crippen LogP contribution in [0.2, 0.25) is 0 Å². The quantitative estimate of drug-likeness (QED) is 0.798. The second-order valence-corrected chi connectivity index (χ2v) is 9.53. The van der Waals surface area contributed by atoms with Gasteiger partial charge in [0.05, 0.1) is 16.4 Å². The highest BCUT2D eigenvalue weighted by atomic mass is 32.1. The predicted molar refractivity (Wildman–Crippen MR) is 103 cm³/mol. The number of cyclic esters (lactones) is 1. The minimum atomic E-state index is -0.415. The lowest BCUT2D eigenvalue weighted by atomic mass is 9.76. The summed E-state index contributed by atoms with van der Waals surface area (Å²) in [7, 11) is 0. The molecule has 1 unspecified atom stereocenters.